The van der Waals surface area contributed by atoms with Crippen LogP contribution in [0.1, 0.15) is 65.2 Å². The van der Waals surface area contributed by atoms with Gasteiger partial charge in [-0.1, -0.05) is 31.2 Å². The zero-order chi connectivity index (χ0) is 20.1. The molecular formula is C21H29N3O2S2. The topological polar surface area (TPSA) is 70.2 Å². The molecule has 1 aliphatic carbocycles. The van der Waals surface area contributed by atoms with Crippen LogP contribution in [0, 0.1) is 19.8 Å². The molecular weight excluding hydrogens is 390 g/mol. The van der Waals surface area contributed by atoms with Crippen LogP contribution in [0.25, 0.3) is 0 Å². The van der Waals surface area contributed by atoms with E-state index in [4.69, 9.17) is 0 Å². The number of benzene rings is 1. The van der Waals surface area contributed by atoms with E-state index in [-0.39, 0.29) is 12.1 Å². The largest absolute Gasteiger partial charge is 0.254 e. The molecule has 4 rings (SSSR count). The number of hydrogen-bond acceptors (Lipinski definition) is 5. The van der Waals surface area contributed by atoms with E-state index in [0.29, 0.717) is 16.9 Å². The molecule has 0 bridgehead atoms. The lowest BCUT2D eigenvalue weighted by Gasteiger charge is -2.27. The van der Waals surface area contributed by atoms with Crippen LogP contribution in [0.2, 0.25) is 0 Å². The number of aryl methyl sites for hydroxylation is 3. The zero-order valence-electron chi connectivity index (χ0n) is 16.9. The van der Waals surface area contributed by atoms with Crippen molar-refractivity contribution in [3.8, 4) is 0 Å². The second-order valence-corrected chi connectivity index (χ2v) is 11.2. The Morgan fingerprint density at radius 2 is 1.86 bits per heavy atom. The average Bonchev–Trinajstić information content (AvgIpc) is 3.13. The molecule has 2 heterocycles. The molecule has 2 aromatic rings. The Bertz CT molecular complexity index is 984. The van der Waals surface area contributed by atoms with Gasteiger partial charge in [0, 0.05) is 27.4 Å². The van der Waals surface area contributed by atoms with E-state index in [0.717, 1.165) is 40.1 Å². The van der Waals surface area contributed by atoms with Crippen LogP contribution in [-0.2, 0) is 16.4 Å². The van der Waals surface area contributed by atoms with Gasteiger partial charge in [-0.2, -0.15) is 0 Å². The van der Waals surface area contributed by atoms with Gasteiger partial charge in [0.15, 0.2) is 0 Å². The fraction of sp³-hybridized carbons (Fsp3) is 0.524. The Balaban J connectivity index is 1.72. The van der Waals surface area contributed by atoms with Gasteiger partial charge in [-0.15, -0.1) is 11.3 Å². The Morgan fingerprint density at radius 3 is 2.57 bits per heavy atom. The maximum atomic E-state index is 13.6. The first kappa shape index (κ1) is 20.0. The third kappa shape index (κ3) is 3.44. The van der Waals surface area contributed by atoms with Crippen molar-refractivity contribution in [2.45, 2.75) is 70.0 Å². The van der Waals surface area contributed by atoms with Gasteiger partial charge in [0.25, 0.3) is 0 Å². The lowest BCUT2D eigenvalue weighted by molar-refractivity contribution is 0.466. The summed E-state index contributed by atoms with van der Waals surface area (Å²) in [6.07, 6.45) is 2.86. The Labute approximate surface area is 172 Å². The summed E-state index contributed by atoms with van der Waals surface area (Å²) < 4.78 is 30.2. The van der Waals surface area contributed by atoms with Gasteiger partial charge < -0.3 is 0 Å². The zero-order valence-corrected chi connectivity index (χ0v) is 18.5. The molecule has 28 heavy (non-hydrogen) atoms. The molecule has 3 N–H and O–H groups in total. The number of nitrogens with one attached hydrogen (secondary N) is 3. The van der Waals surface area contributed by atoms with Crippen LogP contribution in [0.5, 0.6) is 0 Å². The Hall–Kier alpha value is -1.25. The minimum absolute atomic E-state index is 0.00910. The van der Waals surface area contributed by atoms with E-state index >= 15 is 0 Å². The fourth-order valence-corrected chi connectivity index (χ4v) is 7.81. The van der Waals surface area contributed by atoms with Crippen LogP contribution in [0.4, 0.5) is 0 Å². The third-order valence-corrected chi connectivity index (χ3v) is 9.10. The molecule has 2 aliphatic rings. The van der Waals surface area contributed by atoms with E-state index < -0.39 is 10.0 Å². The first-order valence-electron chi connectivity index (χ1n) is 10.0. The maximum absolute atomic E-state index is 13.6. The number of hydrazine groups is 1. The summed E-state index contributed by atoms with van der Waals surface area (Å²) in [7, 11) is -3.63. The quantitative estimate of drug-likeness (QED) is 0.703. The van der Waals surface area contributed by atoms with E-state index in [2.05, 4.69) is 41.6 Å². The maximum Gasteiger partial charge on any atom is 0.242 e. The normalized spacial score (nSPS) is 27.7. The average molecular weight is 420 g/mol. The van der Waals surface area contributed by atoms with Crippen LogP contribution in [0.3, 0.4) is 0 Å². The lowest BCUT2D eigenvalue weighted by atomic mass is 9.88. The molecule has 7 heteroatoms. The van der Waals surface area contributed by atoms with Crippen LogP contribution < -0.4 is 15.6 Å². The first-order chi connectivity index (χ1) is 13.3. The lowest BCUT2D eigenvalue weighted by Crippen LogP contribution is -2.33. The van der Waals surface area contributed by atoms with Crippen molar-refractivity contribution in [3.63, 3.8) is 0 Å². The highest BCUT2D eigenvalue weighted by Gasteiger charge is 2.38. The Morgan fingerprint density at radius 1 is 1.11 bits per heavy atom. The second kappa shape index (κ2) is 7.54. The van der Waals surface area contributed by atoms with Crippen LogP contribution >= 0.6 is 11.3 Å². The Kier molecular flexibility index (Phi) is 5.39. The number of thiophene rings is 1. The van der Waals surface area contributed by atoms with E-state index in [1.807, 2.05) is 26.0 Å². The molecule has 0 amide bonds. The molecule has 4 unspecified atom stereocenters. The van der Waals surface area contributed by atoms with Crippen molar-refractivity contribution in [2.24, 2.45) is 5.92 Å². The van der Waals surface area contributed by atoms with Gasteiger partial charge in [-0.05, 0) is 57.1 Å². The molecule has 152 valence electrons. The summed E-state index contributed by atoms with van der Waals surface area (Å²) in [5, 5.41) is 0. The summed E-state index contributed by atoms with van der Waals surface area (Å²) in [5.41, 5.74) is 9.88. The molecule has 1 saturated heterocycles. The molecule has 0 radical (unpaired) electrons. The molecule has 1 fully saturated rings. The van der Waals surface area contributed by atoms with Gasteiger partial charge in [-0.3, -0.25) is 5.43 Å². The van der Waals surface area contributed by atoms with Gasteiger partial charge in [0.05, 0.1) is 6.04 Å². The van der Waals surface area contributed by atoms with E-state index in [1.165, 1.54) is 5.56 Å². The minimum Gasteiger partial charge on any atom is -0.254 e. The van der Waals surface area contributed by atoms with Crippen molar-refractivity contribution in [1.29, 1.82) is 0 Å². The number of rotatable bonds is 4. The molecule has 1 aromatic heterocycles. The summed E-state index contributed by atoms with van der Waals surface area (Å²) in [5.74, 6) is 0.303. The number of hydrogen-bond donors (Lipinski definition) is 3. The first-order valence-corrected chi connectivity index (χ1v) is 12.3. The van der Waals surface area contributed by atoms with Gasteiger partial charge in [0.1, 0.15) is 4.90 Å². The minimum atomic E-state index is -3.63. The highest BCUT2D eigenvalue weighted by molar-refractivity contribution is 7.89. The standard InChI is InChI=1S/C21H29N3O2S2/c1-12-13(2)22-23-20(12)19-14(3)27-15(4)21(19)28(25,26)24-18-11-7-9-16-8-5-6-10-17(16)18/h5-6,8,10,12-13,18,20,22-24H,7,9,11H2,1-4H3. The molecule has 5 nitrogen and oxygen atoms in total. The van der Waals surface area contributed by atoms with Crippen molar-refractivity contribution in [3.05, 3.63) is 50.7 Å². The van der Waals surface area contributed by atoms with Crippen LogP contribution in [-0.4, -0.2) is 14.5 Å². The highest BCUT2D eigenvalue weighted by atomic mass is 32.2. The predicted molar refractivity (Wildman–Crippen MR) is 114 cm³/mol. The second-order valence-electron chi connectivity index (χ2n) is 8.14. The predicted octanol–water partition coefficient (Wildman–Crippen LogP) is 3.89. The van der Waals surface area contributed by atoms with Gasteiger partial charge >= 0.3 is 0 Å². The van der Waals surface area contributed by atoms with Gasteiger partial charge in [0.2, 0.25) is 10.0 Å². The number of fused-ring (bicyclic) bond motifs is 1. The van der Waals surface area contributed by atoms with Crippen molar-refractivity contribution in [1.82, 2.24) is 15.6 Å². The molecule has 1 aromatic carbocycles. The monoisotopic (exact) mass is 419 g/mol. The molecule has 0 spiro atoms. The highest BCUT2D eigenvalue weighted by Crippen LogP contribution is 2.41. The smallest absolute Gasteiger partial charge is 0.242 e. The summed E-state index contributed by atoms with van der Waals surface area (Å²) in [6, 6.07) is 8.31. The van der Waals surface area contributed by atoms with Crippen molar-refractivity contribution >= 4 is 21.4 Å². The van der Waals surface area contributed by atoms with E-state index in [1.54, 1.807) is 11.3 Å². The van der Waals surface area contributed by atoms with Crippen molar-refractivity contribution < 1.29 is 8.42 Å². The summed E-state index contributed by atoms with van der Waals surface area (Å²) in [4.78, 5) is 2.40. The van der Waals surface area contributed by atoms with Crippen LogP contribution in [0.15, 0.2) is 29.2 Å². The third-order valence-electron chi connectivity index (χ3n) is 6.28. The molecule has 0 saturated carbocycles. The summed E-state index contributed by atoms with van der Waals surface area (Å²) in [6.45, 7) is 8.23. The fourth-order valence-electron chi connectivity index (χ4n) is 4.61. The molecule has 1 aliphatic heterocycles. The van der Waals surface area contributed by atoms with Gasteiger partial charge in [-0.25, -0.2) is 18.6 Å². The molecule has 4 atom stereocenters. The summed E-state index contributed by atoms with van der Waals surface area (Å²) >= 11 is 1.57. The van der Waals surface area contributed by atoms with Crippen molar-refractivity contribution in [2.75, 3.05) is 0 Å². The SMILES string of the molecule is Cc1sc(C)c(S(=O)(=O)NC2CCCc3ccccc32)c1C1NNC(C)C1C. The van der Waals surface area contributed by atoms with E-state index in [9.17, 15) is 8.42 Å². The number of sulfonamides is 1.